The second kappa shape index (κ2) is 8.77. The summed E-state index contributed by atoms with van der Waals surface area (Å²) in [4.78, 5) is 4.63. The molecule has 4 aromatic rings. The van der Waals surface area contributed by atoms with E-state index in [0.717, 1.165) is 39.3 Å². The summed E-state index contributed by atoms with van der Waals surface area (Å²) >= 11 is 0. The Bertz CT molecular complexity index is 1170. The van der Waals surface area contributed by atoms with E-state index in [-0.39, 0.29) is 6.61 Å². The van der Waals surface area contributed by atoms with Crippen molar-refractivity contribution in [3.63, 3.8) is 0 Å². The van der Waals surface area contributed by atoms with E-state index in [2.05, 4.69) is 23.0 Å². The molecule has 0 heterocycles. The van der Waals surface area contributed by atoms with Crippen LogP contribution < -0.4 is 9.47 Å². The summed E-state index contributed by atoms with van der Waals surface area (Å²) in [6.45, 7) is 0.213. The number of fused-ring (bicyclic) bond motifs is 1. The number of hydrogen-bond acceptors (Lipinski definition) is 3. The van der Waals surface area contributed by atoms with Gasteiger partial charge in [0.05, 0.1) is 5.69 Å². The number of hydrogen-bond donors (Lipinski definition) is 0. The van der Waals surface area contributed by atoms with E-state index in [1.165, 1.54) is 0 Å². The predicted molar refractivity (Wildman–Crippen MR) is 118 cm³/mol. The molecule has 0 aliphatic rings. The molecule has 4 rings (SSSR count). The standard InChI is InChI=1S/C26H19NO2/c1-2-18-28-26-17-12-20-8-6-7-11-24(20)25(26)19-27-21-13-15-23(16-14-21)29-22-9-4-3-5-10-22/h1,3-17,19H,18H2. The molecule has 0 unspecified atom stereocenters. The van der Waals surface area contributed by atoms with Crippen molar-refractivity contribution in [1.82, 2.24) is 0 Å². The zero-order valence-electron chi connectivity index (χ0n) is 15.8. The molecule has 29 heavy (non-hydrogen) atoms. The van der Waals surface area contributed by atoms with Gasteiger partial charge < -0.3 is 9.47 Å². The molecule has 0 saturated carbocycles. The summed E-state index contributed by atoms with van der Waals surface area (Å²) in [5.74, 6) is 4.79. The van der Waals surface area contributed by atoms with Crippen LogP contribution in [0.15, 0.2) is 96.0 Å². The van der Waals surface area contributed by atoms with Gasteiger partial charge in [0, 0.05) is 11.8 Å². The third kappa shape index (κ3) is 4.45. The number of terminal acetylenes is 1. The predicted octanol–water partition coefficient (Wildman–Crippen LogP) is 6.39. The van der Waals surface area contributed by atoms with Gasteiger partial charge in [-0.3, -0.25) is 4.99 Å². The van der Waals surface area contributed by atoms with Crippen LogP contribution in [-0.2, 0) is 0 Å². The molecule has 0 aliphatic heterocycles. The van der Waals surface area contributed by atoms with Crippen LogP contribution in [0.2, 0.25) is 0 Å². The molecule has 0 bridgehead atoms. The molecular weight excluding hydrogens is 358 g/mol. The van der Waals surface area contributed by atoms with Crippen LogP contribution >= 0.6 is 0 Å². The molecule has 140 valence electrons. The number of benzene rings is 4. The molecule has 3 nitrogen and oxygen atoms in total. The van der Waals surface area contributed by atoms with Crippen molar-refractivity contribution in [2.75, 3.05) is 6.61 Å². The molecule has 0 aromatic heterocycles. The van der Waals surface area contributed by atoms with Gasteiger partial charge in [0.1, 0.15) is 23.9 Å². The van der Waals surface area contributed by atoms with E-state index >= 15 is 0 Å². The molecule has 3 heteroatoms. The van der Waals surface area contributed by atoms with E-state index in [4.69, 9.17) is 15.9 Å². The third-order valence-corrected chi connectivity index (χ3v) is 4.40. The second-order valence-electron chi connectivity index (χ2n) is 6.36. The lowest BCUT2D eigenvalue weighted by molar-refractivity contribution is 0.370. The molecule has 0 atom stereocenters. The first-order chi connectivity index (χ1) is 14.3. The minimum atomic E-state index is 0.213. The van der Waals surface area contributed by atoms with Crippen molar-refractivity contribution >= 4 is 22.7 Å². The van der Waals surface area contributed by atoms with Crippen LogP contribution in [0.5, 0.6) is 17.2 Å². The number of nitrogens with zero attached hydrogens (tertiary/aromatic N) is 1. The van der Waals surface area contributed by atoms with E-state index in [0.29, 0.717) is 0 Å². The van der Waals surface area contributed by atoms with Crippen LogP contribution in [-0.4, -0.2) is 12.8 Å². The zero-order chi connectivity index (χ0) is 19.9. The Balaban J connectivity index is 1.60. The van der Waals surface area contributed by atoms with Gasteiger partial charge in [0.25, 0.3) is 0 Å². The third-order valence-electron chi connectivity index (χ3n) is 4.40. The Hall–Kier alpha value is -4.03. The molecular formula is C26H19NO2. The highest BCUT2D eigenvalue weighted by molar-refractivity contribution is 6.03. The van der Waals surface area contributed by atoms with Crippen molar-refractivity contribution in [2.24, 2.45) is 4.99 Å². The topological polar surface area (TPSA) is 30.8 Å². The molecule has 4 aromatic carbocycles. The summed E-state index contributed by atoms with van der Waals surface area (Å²) in [6, 6.07) is 29.4. The fraction of sp³-hybridized carbons (Fsp3) is 0.0385. The summed E-state index contributed by atoms with van der Waals surface area (Å²) in [5, 5.41) is 2.18. The Labute approximate surface area is 170 Å². The van der Waals surface area contributed by atoms with E-state index in [1.807, 2.05) is 85.1 Å². The van der Waals surface area contributed by atoms with E-state index in [9.17, 15) is 0 Å². The second-order valence-corrected chi connectivity index (χ2v) is 6.36. The maximum atomic E-state index is 5.83. The van der Waals surface area contributed by atoms with Crippen LogP contribution in [0.1, 0.15) is 5.56 Å². The fourth-order valence-electron chi connectivity index (χ4n) is 3.02. The van der Waals surface area contributed by atoms with Gasteiger partial charge in [-0.2, -0.15) is 0 Å². The normalized spacial score (nSPS) is 10.7. The van der Waals surface area contributed by atoms with Crippen molar-refractivity contribution in [2.45, 2.75) is 0 Å². The van der Waals surface area contributed by atoms with E-state index < -0.39 is 0 Å². The molecule has 0 saturated heterocycles. The van der Waals surface area contributed by atoms with Crippen LogP contribution in [0.3, 0.4) is 0 Å². The first-order valence-corrected chi connectivity index (χ1v) is 9.28. The Kier molecular flexibility index (Phi) is 5.55. The maximum Gasteiger partial charge on any atom is 0.148 e. The quantitative estimate of drug-likeness (QED) is 0.288. The Morgan fingerprint density at radius 3 is 2.31 bits per heavy atom. The van der Waals surface area contributed by atoms with Gasteiger partial charge >= 0.3 is 0 Å². The first-order valence-electron chi connectivity index (χ1n) is 9.28. The van der Waals surface area contributed by atoms with Crippen molar-refractivity contribution in [3.8, 4) is 29.6 Å². The van der Waals surface area contributed by atoms with Gasteiger partial charge in [0.15, 0.2) is 0 Å². The van der Waals surface area contributed by atoms with Gasteiger partial charge in [-0.25, -0.2) is 0 Å². The Morgan fingerprint density at radius 2 is 1.52 bits per heavy atom. The number of para-hydroxylation sites is 1. The van der Waals surface area contributed by atoms with Crippen molar-refractivity contribution in [1.29, 1.82) is 0 Å². The van der Waals surface area contributed by atoms with Gasteiger partial charge in [0.2, 0.25) is 0 Å². The monoisotopic (exact) mass is 377 g/mol. The first kappa shape index (κ1) is 18.3. The highest BCUT2D eigenvalue weighted by atomic mass is 16.5. The summed E-state index contributed by atoms with van der Waals surface area (Å²) in [7, 11) is 0. The average Bonchev–Trinajstić information content (AvgIpc) is 2.78. The summed E-state index contributed by atoms with van der Waals surface area (Å²) in [6.07, 6.45) is 7.17. The number of rotatable bonds is 6. The minimum absolute atomic E-state index is 0.213. The molecule has 0 fully saturated rings. The molecule has 0 spiro atoms. The number of ether oxygens (including phenoxy) is 2. The van der Waals surface area contributed by atoms with Gasteiger partial charge in [-0.1, -0.05) is 54.5 Å². The van der Waals surface area contributed by atoms with Crippen molar-refractivity contribution < 1.29 is 9.47 Å². The molecule has 0 aliphatic carbocycles. The molecule has 0 amide bonds. The summed E-state index contributed by atoms with van der Waals surface area (Å²) in [5.41, 5.74) is 1.73. The van der Waals surface area contributed by atoms with Crippen molar-refractivity contribution in [3.05, 3.63) is 96.6 Å². The largest absolute Gasteiger partial charge is 0.480 e. The van der Waals surface area contributed by atoms with Crippen LogP contribution in [0.4, 0.5) is 5.69 Å². The maximum absolute atomic E-state index is 5.83. The molecule has 0 N–H and O–H groups in total. The fourth-order valence-corrected chi connectivity index (χ4v) is 3.02. The highest BCUT2D eigenvalue weighted by Gasteiger charge is 2.07. The lowest BCUT2D eigenvalue weighted by Gasteiger charge is -2.10. The van der Waals surface area contributed by atoms with Gasteiger partial charge in [-0.15, -0.1) is 6.42 Å². The molecule has 0 radical (unpaired) electrons. The minimum Gasteiger partial charge on any atom is -0.480 e. The number of aliphatic imine (C=N–C) groups is 1. The van der Waals surface area contributed by atoms with Gasteiger partial charge in [-0.05, 0) is 53.2 Å². The summed E-state index contributed by atoms with van der Waals surface area (Å²) < 4.78 is 11.5. The smallest absolute Gasteiger partial charge is 0.148 e. The Morgan fingerprint density at radius 1 is 0.793 bits per heavy atom. The van der Waals surface area contributed by atoms with Crippen LogP contribution in [0.25, 0.3) is 10.8 Å². The van der Waals surface area contributed by atoms with E-state index in [1.54, 1.807) is 0 Å². The highest BCUT2D eigenvalue weighted by Crippen LogP contribution is 2.28. The van der Waals surface area contributed by atoms with Crippen LogP contribution in [0, 0.1) is 12.3 Å². The SMILES string of the molecule is C#CCOc1ccc2ccccc2c1C=Nc1ccc(Oc2ccccc2)cc1. The lowest BCUT2D eigenvalue weighted by atomic mass is 10.0. The average molecular weight is 377 g/mol. The lowest BCUT2D eigenvalue weighted by Crippen LogP contribution is -1.98. The zero-order valence-corrected chi connectivity index (χ0v) is 15.8.